The maximum Gasteiger partial charge on any atom is 0.291 e. The monoisotopic (exact) mass is 363 g/mol. The second-order valence-electron chi connectivity index (χ2n) is 5.10. The van der Waals surface area contributed by atoms with Gasteiger partial charge < -0.3 is 14.6 Å². The molecule has 0 aliphatic carbocycles. The van der Waals surface area contributed by atoms with Gasteiger partial charge in [-0.3, -0.25) is 4.79 Å². The number of nitrogens with one attached hydrogen (secondary N) is 1. The van der Waals surface area contributed by atoms with E-state index in [0.717, 1.165) is 0 Å². The molecule has 0 aliphatic heterocycles. The Morgan fingerprint density at radius 1 is 1.24 bits per heavy atom. The minimum absolute atomic E-state index is 0.103. The van der Waals surface area contributed by atoms with Crippen molar-refractivity contribution in [2.75, 3.05) is 12.4 Å². The molecule has 3 rings (SSSR count). The van der Waals surface area contributed by atoms with E-state index in [0.29, 0.717) is 34.2 Å². The summed E-state index contributed by atoms with van der Waals surface area (Å²) in [7, 11) is 1.51. The molecule has 25 heavy (non-hydrogen) atoms. The van der Waals surface area contributed by atoms with E-state index in [1.165, 1.54) is 11.7 Å². The van der Waals surface area contributed by atoms with Gasteiger partial charge in [0.25, 0.3) is 5.76 Å². The van der Waals surface area contributed by atoms with Crippen molar-refractivity contribution < 1.29 is 18.3 Å². The fourth-order valence-corrected chi connectivity index (χ4v) is 3.06. The van der Waals surface area contributed by atoms with Crippen molar-refractivity contribution in [3.05, 3.63) is 48.5 Å². The van der Waals surface area contributed by atoms with Gasteiger partial charge >= 0.3 is 0 Å². The molecule has 0 saturated carbocycles. The molecule has 8 heteroatoms. The number of rotatable bonds is 6. The number of ether oxygens (including phenoxy) is 1. The quantitative estimate of drug-likeness (QED) is 0.673. The lowest BCUT2D eigenvalue weighted by Crippen LogP contribution is -2.19. The molecule has 1 aromatic heterocycles. The summed E-state index contributed by atoms with van der Waals surface area (Å²) in [6, 6.07) is 14.0. The molecule has 3 aromatic rings. The molecule has 0 spiro atoms. The zero-order valence-electron chi connectivity index (χ0n) is 13.3. The molecule has 2 aromatic carbocycles. The van der Waals surface area contributed by atoms with E-state index >= 15 is 0 Å². The molecule has 5 nitrogen and oxygen atoms in total. The summed E-state index contributed by atoms with van der Waals surface area (Å²) in [6.07, 6.45) is 0. The normalized spacial score (nSPS) is 11.0. The SMILES string of the molecule is COc1ccccc1NC(=O)Cn1c(SC(F)F)nc2ccccc21. The van der Waals surface area contributed by atoms with Gasteiger partial charge in [-0.05, 0) is 36.0 Å². The number of para-hydroxylation sites is 4. The van der Waals surface area contributed by atoms with E-state index < -0.39 is 5.76 Å². The van der Waals surface area contributed by atoms with Crippen molar-refractivity contribution in [1.29, 1.82) is 0 Å². The molecule has 0 atom stereocenters. The van der Waals surface area contributed by atoms with Gasteiger partial charge in [-0.2, -0.15) is 8.78 Å². The minimum Gasteiger partial charge on any atom is -0.495 e. The van der Waals surface area contributed by atoms with Crippen LogP contribution < -0.4 is 10.1 Å². The molecule has 0 unspecified atom stereocenters. The van der Waals surface area contributed by atoms with Gasteiger partial charge in [0, 0.05) is 0 Å². The van der Waals surface area contributed by atoms with Crippen LogP contribution in [0.15, 0.2) is 53.7 Å². The average Bonchev–Trinajstić information content (AvgIpc) is 2.92. The van der Waals surface area contributed by atoms with Gasteiger partial charge in [0.15, 0.2) is 5.16 Å². The lowest BCUT2D eigenvalue weighted by atomic mass is 10.3. The molecule has 1 N–H and O–H groups in total. The minimum atomic E-state index is -2.62. The van der Waals surface area contributed by atoms with Gasteiger partial charge in [-0.1, -0.05) is 24.3 Å². The summed E-state index contributed by atoms with van der Waals surface area (Å²) < 4.78 is 32.3. The number of carbonyl (C=O) groups excluding carboxylic acids is 1. The van der Waals surface area contributed by atoms with Gasteiger partial charge in [0.1, 0.15) is 12.3 Å². The second-order valence-corrected chi connectivity index (χ2v) is 6.05. The van der Waals surface area contributed by atoms with Gasteiger partial charge in [-0.25, -0.2) is 4.98 Å². The summed E-state index contributed by atoms with van der Waals surface area (Å²) in [4.78, 5) is 16.6. The zero-order chi connectivity index (χ0) is 17.8. The molecular formula is C17H15F2N3O2S. The first-order valence-corrected chi connectivity index (χ1v) is 8.29. The summed E-state index contributed by atoms with van der Waals surface area (Å²) >= 11 is 0.321. The average molecular weight is 363 g/mol. The Morgan fingerprint density at radius 3 is 2.72 bits per heavy atom. The Morgan fingerprint density at radius 2 is 1.96 bits per heavy atom. The molecule has 0 fully saturated rings. The highest BCUT2D eigenvalue weighted by molar-refractivity contribution is 7.99. The number of hydrogen-bond acceptors (Lipinski definition) is 4. The van der Waals surface area contributed by atoms with Gasteiger partial charge in [0.05, 0.1) is 23.8 Å². The standard InChI is InChI=1S/C17H15F2N3O2S/c1-24-14-9-5-3-7-12(14)20-15(23)10-22-13-8-4-2-6-11(13)21-17(22)25-16(18)19/h2-9,16H,10H2,1H3,(H,20,23). The zero-order valence-corrected chi connectivity index (χ0v) is 14.1. The number of fused-ring (bicyclic) bond motifs is 1. The molecule has 0 aliphatic rings. The first-order chi connectivity index (χ1) is 12.1. The smallest absolute Gasteiger partial charge is 0.291 e. The number of imidazole rings is 1. The summed E-state index contributed by atoms with van der Waals surface area (Å²) in [5.41, 5.74) is 1.71. The van der Waals surface area contributed by atoms with Crippen molar-refractivity contribution in [2.45, 2.75) is 17.5 Å². The fraction of sp³-hybridized carbons (Fsp3) is 0.176. The Kier molecular flexibility index (Phi) is 5.18. The highest BCUT2D eigenvalue weighted by atomic mass is 32.2. The molecule has 1 heterocycles. The van der Waals surface area contributed by atoms with Crippen molar-refractivity contribution in [1.82, 2.24) is 9.55 Å². The van der Waals surface area contributed by atoms with Crippen LogP contribution >= 0.6 is 11.8 Å². The van der Waals surface area contributed by atoms with Crippen molar-refractivity contribution >= 4 is 34.4 Å². The van der Waals surface area contributed by atoms with Crippen molar-refractivity contribution in [3.63, 3.8) is 0 Å². The second kappa shape index (κ2) is 7.52. The van der Waals surface area contributed by atoms with Crippen molar-refractivity contribution in [3.8, 4) is 5.75 Å². The largest absolute Gasteiger partial charge is 0.495 e. The predicted molar refractivity (Wildman–Crippen MR) is 93.2 cm³/mol. The van der Waals surface area contributed by atoms with Gasteiger partial charge in [0.2, 0.25) is 5.91 Å². The Hall–Kier alpha value is -2.61. The Labute approximate surface area is 147 Å². The Balaban J connectivity index is 1.87. The number of nitrogens with zero attached hydrogens (tertiary/aromatic N) is 2. The van der Waals surface area contributed by atoms with Crippen LogP contribution in [0.25, 0.3) is 11.0 Å². The van der Waals surface area contributed by atoms with E-state index in [1.54, 1.807) is 48.5 Å². The van der Waals surface area contributed by atoms with E-state index in [9.17, 15) is 13.6 Å². The number of carbonyl (C=O) groups is 1. The van der Waals surface area contributed by atoms with Crippen LogP contribution in [0.1, 0.15) is 0 Å². The predicted octanol–water partition coefficient (Wildman–Crippen LogP) is 4.00. The number of amides is 1. The van der Waals surface area contributed by atoms with Crippen LogP contribution in [0.4, 0.5) is 14.5 Å². The van der Waals surface area contributed by atoms with Crippen LogP contribution in [0, 0.1) is 0 Å². The van der Waals surface area contributed by atoms with E-state index in [-0.39, 0.29) is 17.6 Å². The number of hydrogen-bond donors (Lipinski definition) is 1. The fourth-order valence-electron chi connectivity index (χ4n) is 2.46. The maximum atomic E-state index is 12.8. The number of halogens is 2. The number of methoxy groups -OCH3 is 1. The number of alkyl halides is 2. The third-order valence-corrected chi connectivity index (χ3v) is 4.20. The van der Waals surface area contributed by atoms with Crippen LogP contribution in [0.2, 0.25) is 0 Å². The van der Waals surface area contributed by atoms with Crippen molar-refractivity contribution in [2.24, 2.45) is 0 Å². The first-order valence-electron chi connectivity index (χ1n) is 7.41. The summed E-state index contributed by atoms with van der Waals surface area (Å²) in [6.45, 7) is -0.131. The summed E-state index contributed by atoms with van der Waals surface area (Å²) in [5.74, 6) is -2.45. The number of benzene rings is 2. The third-order valence-electron chi connectivity index (χ3n) is 3.50. The summed E-state index contributed by atoms with van der Waals surface area (Å²) in [5, 5.41) is 2.84. The molecule has 130 valence electrons. The topological polar surface area (TPSA) is 56.1 Å². The lowest BCUT2D eigenvalue weighted by Gasteiger charge is -2.12. The van der Waals surface area contributed by atoms with Gasteiger partial charge in [-0.15, -0.1) is 0 Å². The highest BCUT2D eigenvalue weighted by Crippen LogP contribution is 2.29. The number of anilines is 1. The van der Waals surface area contributed by atoms with Crippen LogP contribution in [0.3, 0.4) is 0 Å². The number of thioether (sulfide) groups is 1. The maximum absolute atomic E-state index is 12.8. The molecular weight excluding hydrogens is 348 g/mol. The van der Waals surface area contributed by atoms with Crippen LogP contribution in [0.5, 0.6) is 5.75 Å². The van der Waals surface area contributed by atoms with Crippen LogP contribution in [-0.2, 0) is 11.3 Å². The highest BCUT2D eigenvalue weighted by Gasteiger charge is 2.18. The third kappa shape index (κ3) is 3.90. The molecule has 0 saturated heterocycles. The van der Waals surface area contributed by atoms with E-state index in [2.05, 4.69) is 10.3 Å². The lowest BCUT2D eigenvalue weighted by molar-refractivity contribution is -0.116. The van der Waals surface area contributed by atoms with E-state index in [4.69, 9.17) is 4.74 Å². The Bertz CT molecular complexity index is 898. The number of aromatic nitrogens is 2. The first kappa shape index (κ1) is 17.2. The molecule has 0 radical (unpaired) electrons. The molecule has 0 bridgehead atoms. The van der Waals surface area contributed by atoms with E-state index in [1.807, 2.05) is 0 Å². The van der Waals surface area contributed by atoms with Crippen LogP contribution in [-0.4, -0.2) is 28.3 Å². The molecule has 1 amide bonds.